The molecular formula is C41H40IrN2Si-2. The zero-order valence-corrected chi connectivity index (χ0v) is 30.1. The Bertz CT molecular complexity index is 1760. The second-order valence-corrected chi connectivity index (χ2v) is 17.5. The van der Waals surface area contributed by atoms with Crippen molar-refractivity contribution in [2.24, 2.45) is 5.92 Å². The van der Waals surface area contributed by atoms with Crippen molar-refractivity contribution in [2.45, 2.75) is 39.9 Å². The van der Waals surface area contributed by atoms with Crippen LogP contribution < -0.4 is 5.19 Å². The van der Waals surface area contributed by atoms with Crippen LogP contribution in [-0.4, -0.2) is 18.0 Å². The summed E-state index contributed by atoms with van der Waals surface area (Å²) in [5.41, 5.74) is 10.2. The molecule has 6 rings (SSSR count). The maximum absolute atomic E-state index is 4.69. The Morgan fingerprint density at radius 1 is 0.578 bits per heavy atom. The van der Waals surface area contributed by atoms with Crippen LogP contribution in [0.1, 0.15) is 19.4 Å². The monoisotopic (exact) mass is 781 g/mol. The molecule has 0 aliphatic heterocycles. The predicted octanol–water partition coefficient (Wildman–Crippen LogP) is 10.2. The number of rotatable bonds is 7. The molecule has 0 spiro atoms. The molecule has 1 radical (unpaired) electrons. The van der Waals surface area contributed by atoms with Crippen LogP contribution in [0.5, 0.6) is 0 Å². The van der Waals surface area contributed by atoms with Gasteiger partial charge >= 0.3 is 0 Å². The summed E-state index contributed by atoms with van der Waals surface area (Å²) in [5.74, 6) is 0.667. The average molecular weight is 781 g/mol. The first-order valence-electron chi connectivity index (χ1n) is 15.3. The van der Waals surface area contributed by atoms with E-state index < -0.39 is 8.07 Å². The van der Waals surface area contributed by atoms with Gasteiger partial charge in [-0.05, 0) is 45.6 Å². The minimum Gasteiger partial charge on any atom is -0.305 e. The molecule has 0 aliphatic carbocycles. The van der Waals surface area contributed by atoms with E-state index in [2.05, 4.69) is 135 Å². The molecule has 0 fully saturated rings. The van der Waals surface area contributed by atoms with Crippen LogP contribution >= 0.6 is 0 Å². The van der Waals surface area contributed by atoms with Gasteiger partial charge in [0.1, 0.15) is 0 Å². The fourth-order valence-corrected chi connectivity index (χ4v) is 6.85. The van der Waals surface area contributed by atoms with E-state index in [-0.39, 0.29) is 20.1 Å². The van der Waals surface area contributed by atoms with Crippen LogP contribution in [0, 0.1) is 18.1 Å². The summed E-state index contributed by atoms with van der Waals surface area (Å²) in [5, 5.41) is 1.49. The Morgan fingerprint density at radius 2 is 1.20 bits per heavy atom. The van der Waals surface area contributed by atoms with Crippen LogP contribution in [0.4, 0.5) is 0 Å². The second kappa shape index (κ2) is 15.9. The largest absolute Gasteiger partial charge is 0.305 e. The van der Waals surface area contributed by atoms with Crippen molar-refractivity contribution in [1.82, 2.24) is 9.97 Å². The van der Waals surface area contributed by atoms with Crippen molar-refractivity contribution < 1.29 is 20.1 Å². The number of aromatic nitrogens is 2. The fraction of sp³-hybridized carbons (Fsp3) is 0.171. The molecule has 6 aromatic rings. The summed E-state index contributed by atoms with van der Waals surface area (Å²) in [7, 11) is -1.34. The molecule has 4 aromatic carbocycles. The van der Waals surface area contributed by atoms with E-state index in [1.807, 2.05) is 54.7 Å². The van der Waals surface area contributed by atoms with Crippen molar-refractivity contribution in [2.75, 3.05) is 0 Å². The summed E-state index contributed by atoms with van der Waals surface area (Å²) in [6.45, 7) is 11.7. The molecule has 229 valence electrons. The van der Waals surface area contributed by atoms with Gasteiger partial charge in [-0.25, -0.2) is 0 Å². The van der Waals surface area contributed by atoms with Crippen LogP contribution in [0.25, 0.3) is 44.8 Å². The maximum atomic E-state index is 4.69. The van der Waals surface area contributed by atoms with Gasteiger partial charge in [0.05, 0.1) is 8.07 Å². The summed E-state index contributed by atoms with van der Waals surface area (Å²) >= 11 is 0. The smallest absolute Gasteiger partial charge is 0.0798 e. The van der Waals surface area contributed by atoms with Crippen molar-refractivity contribution >= 4 is 13.3 Å². The average Bonchev–Trinajstić information content (AvgIpc) is 3.06. The summed E-state index contributed by atoms with van der Waals surface area (Å²) in [6, 6.07) is 47.9. The van der Waals surface area contributed by atoms with E-state index in [1.165, 1.54) is 27.4 Å². The molecule has 0 saturated heterocycles. The standard InChI is InChI=1S/C23H16N.C18H24NSi.Ir/c1-3-8-18(9-4-1)20-12-7-13-21(16-20)23-15-14-22(17-24-23)19-10-5-2-6-11-19;1-14(2)11-16-12-17(15-9-7-6-8-10-15)19-13-18(16)20(3,4)5;/h1-12,14-17H;6-9,12-14H,11H2,1-5H3;/q2*-1;. The number of pyridine rings is 2. The molecule has 0 saturated carbocycles. The molecule has 0 amide bonds. The number of hydrogen-bond donors (Lipinski definition) is 0. The summed E-state index contributed by atoms with van der Waals surface area (Å²) in [4.78, 5) is 9.32. The van der Waals surface area contributed by atoms with Gasteiger partial charge in [-0.3, -0.25) is 0 Å². The van der Waals surface area contributed by atoms with Crippen molar-refractivity contribution in [3.8, 4) is 44.8 Å². The predicted molar refractivity (Wildman–Crippen MR) is 189 cm³/mol. The number of hydrogen-bond acceptors (Lipinski definition) is 2. The molecule has 2 heterocycles. The van der Waals surface area contributed by atoms with Crippen molar-refractivity contribution in [3.63, 3.8) is 0 Å². The summed E-state index contributed by atoms with van der Waals surface area (Å²) in [6.07, 6.45) is 5.16. The van der Waals surface area contributed by atoms with Gasteiger partial charge < -0.3 is 9.97 Å². The topological polar surface area (TPSA) is 25.8 Å². The quantitative estimate of drug-likeness (QED) is 0.119. The van der Waals surface area contributed by atoms with E-state index in [0.717, 1.165) is 34.5 Å². The molecule has 2 nitrogen and oxygen atoms in total. The molecule has 0 bridgehead atoms. The Labute approximate surface area is 284 Å². The second-order valence-electron chi connectivity index (χ2n) is 12.5. The maximum Gasteiger partial charge on any atom is 0.0798 e. The van der Waals surface area contributed by atoms with E-state index in [9.17, 15) is 0 Å². The van der Waals surface area contributed by atoms with Crippen LogP contribution in [0.2, 0.25) is 19.6 Å². The molecular weight excluding hydrogens is 741 g/mol. The Morgan fingerprint density at radius 3 is 1.78 bits per heavy atom. The third kappa shape index (κ3) is 9.28. The molecule has 0 atom stereocenters. The Balaban J connectivity index is 0.000000204. The van der Waals surface area contributed by atoms with Gasteiger partial charge in [-0.1, -0.05) is 118 Å². The molecule has 0 aliphatic rings. The van der Waals surface area contributed by atoms with Gasteiger partial charge in [0.15, 0.2) is 0 Å². The first-order valence-corrected chi connectivity index (χ1v) is 18.8. The molecule has 0 unspecified atom stereocenters. The summed E-state index contributed by atoms with van der Waals surface area (Å²) < 4.78 is 0. The fourth-order valence-electron chi connectivity index (χ4n) is 5.26. The Kier molecular flexibility index (Phi) is 12.0. The van der Waals surface area contributed by atoms with Crippen molar-refractivity contribution in [3.05, 3.63) is 151 Å². The van der Waals surface area contributed by atoms with Crippen LogP contribution in [-0.2, 0) is 26.5 Å². The normalized spacial score (nSPS) is 10.9. The van der Waals surface area contributed by atoms with E-state index in [0.29, 0.717) is 5.92 Å². The van der Waals surface area contributed by atoms with Gasteiger partial charge in [0.2, 0.25) is 0 Å². The third-order valence-electron chi connectivity index (χ3n) is 7.47. The van der Waals surface area contributed by atoms with Crippen LogP contribution in [0.3, 0.4) is 0 Å². The van der Waals surface area contributed by atoms with Gasteiger partial charge in [-0.2, -0.15) is 0 Å². The number of nitrogens with zero attached hydrogens (tertiary/aromatic N) is 2. The SMILES string of the molecule is CC(C)Cc1cc(-c2[c-]cccc2)ncc1[Si](C)(C)C.[Ir].[c-]1ccc(-c2ccccc2)cc1-c1ccc(-c2ccccc2)cn1. The van der Waals surface area contributed by atoms with Crippen molar-refractivity contribution in [1.29, 1.82) is 0 Å². The van der Waals surface area contributed by atoms with E-state index in [4.69, 9.17) is 0 Å². The zero-order valence-electron chi connectivity index (χ0n) is 26.7. The van der Waals surface area contributed by atoms with Crippen LogP contribution in [0.15, 0.2) is 134 Å². The zero-order chi connectivity index (χ0) is 30.9. The molecule has 4 heteroatoms. The molecule has 45 heavy (non-hydrogen) atoms. The van der Waals surface area contributed by atoms with Gasteiger partial charge in [0.25, 0.3) is 0 Å². The Hall–Kier alpha value is -3.95. The van der Waals surface area contributed by atoms with E-state index in [1.54, 1.807) is 0 Å². The molecule has 0 N–H and O–H groups in total. The van der Waals surface area contributed by atoms with Gasteiger partial charge in [-0.15, -0.1) is 71.3 Å². The number of benzene rings is 4. The first kappa shape index (κ1) is 33.9. The molecule has 2 aromatic heterocycles. The van der Waals surface area contributed by atoms with E-state index >= 15 is 0 Å². The first-order chi connectivity index (χ1) is 21.3. The minimum absolute atomic E-state index is 0. The third-order valence-corrected chi connectivity index (χ3v) is 9.53. The minimum atomic E-state index is -1.34. The van der Waals surface area contributed by atoms with Gasteiger partial charge in [0, 0.05) is 32.5 Å².